The first kappa shape index (κ1) is 14.0. The lowest BCUT2D eigenvalue weighted by Gasteiger charge is -2.22. The van der Waals surface area contributed by atoms with Crippen LogP contribution in [0.5, 0.6) is 0 Å². The summed E-state index contributed by atoms with van der Waals surface area (Å²) in [6.07, 6.45) is 2.39. The second-order valence-corrected chi connectivity index (χ2v) is 5.52. The second-order valence-electron chi connectivity index (χ2n) is 5.52. The Morgan fingerprint density at radius 2 is 2.19 bits per heavy atom. The Bertz CT molecular complexity index is 641. The van der Waals surface area contributed by atoms with Gasteiger partial charge in [0.1, 0.15) is 5.69 Å². The molecule has 1 aliphatic rings. The number of carbonyl (C=O) groups excluding carboxylic acids is 1. The lowest BCUT2D eigenvalue weighted by atomic mass is 10.2. The number of carbonyl (C=O) groups is 1. The summed E-state index contributed by atoms with van der Waals surface area (Å²) in [4.78, 5) is 19.1. The molecule has 1 aromatic heterocycles. The molecule has 1 saturated heterocycles. The standard InChI is InChI=1S/C17H21N3O/c1-2-20-11-5-7-14(20)12-18-17(21)16-10-9-13-6-3-4-8-15(13)19-16/h3-4,6,8-10,14H,2,5,7,11-12H2,1H3,(H,18,21). The predicted molar refractivity (Wildman–Crippen MR) is 84.3 cm³/mol. The first-order chi connectivity index (χ1) is 10.3. The van der Waals surface area contributed by atoms with E-state index in [2.05, 4.69) is 22.1 Å². The monoisotopic (exact) mass is 283 g/mol. The second kappa shape index (κ2) is 6.22. The van der Waals surface area contributed by atoms with Gasteiger partial charge in [0.25, 0.3) is 5.91 Å². The van der Waals surface area contributed by atoms with E-state index in [4.69, 9.17) is 0 Å². The number of nitrogens with one attached hydrogen (secondary N) is 1. The van der Waals surface area contributed by atoms with Gasteiger partial charge in [0, 0.05) is 18.0 Å². The highest BCUT2D eigenvalue weighted by Gasteiger charge is 2.23. The number of aromatic nitrogens is 1. The number of para-hydroxylation sites is 1. The van der Waals surface area contributed by atoms with E-state index in [9.17, 15) is 4.79 Å². The van der Waals surface area contributed by atoms with Gasteiger partial charge in [-0.25, -0.2) is 4.98 Å². The number of amides is 1. The third kappa shape index (κ3) is 3.05. The van der Waals surface area contributed by atoms with Crippen LogP contribution < -0.4 is 5.32 Å². The minimum absolute atomic E-state index is 0.0799. The van der Waals surface area contributed by atoms with Crippen molar-refractivity contribution in [3.8, 4) is 0 Å². The van der Waals surface area contributed by atoms with Crippen LogP contribution in [0.3, 0.4) is 0 Å². The molecule has 0 aliphatic carbocycles. The number of likely N-dealkylation sites (N-methyl/N-ethyl adjacent to an activating group) is 1. The first-order valence-corrected chi connectivity index (χ1v) is 7.66. The summed E-state index contributed by atoms with van der Waals surface area (Å²) in [6, 6.07) is 12.1. The van der Waals surface area contributed by atoms with Gasteiger partial charge in [-0.15, -0.1) is 0 Å². The molecule has 0 spiro atoms. The minimum atomic E-state index is -0.0799. The first-order valence-electron chi connectivity index (χ1n) is 7.66. The quantitative estimate of drug-likeness (QED) is 0.937. The van der Waals surface area contributed by atoms with Crippen LogP contribution in [-0.4, -0.2) is 41.5 Å². The smallest absolute Gasteiger partial charge is 0.269 e. The fourth-order valence-corrected chi connectivity index (χ4v) is 3.04. The molecule has 4 heteroatoms. The van der Waals surface area contributed by atoms with Crippen molar-refractivity contribution in [3.63, 3.8) is 0 Å². The summed E-state index contributed by atoms with van der Waals surface area (Å²) in [5.74, 6) is -0.0799. The fraction of sp³-hybridized carbons (Fsp3) is 0.412. The van der Waals surface area contributed by atoms with Gasteiger partial charge >= 0.3 is 0 Å². The maximum absolute atomic E-state index is 12.2. The van der Waals surface area contributed by atoms with E-state index >= 15 is 0 Å². The molecule has 1 aliphatic heterocycles. The average Bonchev–Trinajstić information content (AvgIpc) is 2.99. The highest BCUT2D eigenvalue weighted by molar-refractivity contribution is 5.94. The van der Waals surface area contributed by atoms with Crippen LogP contribution in [0.15, 0.2) is 36.4 Å². The van der Waals surface area contributed by atoms with Crippen molar-refractivity contribution in [2.45, 2.75) is 25.8 Å². The maximum atomic E-state index is 12.2. The van der Waals surface area contributed by atoms with Crippen LogP contribution >= 0.6 is 0 Å². The molecule has 0 bridgehead atoms. The zero-order chi connectivity index (χ0) is 14.7. The predicted octanol–water partition coefficient (Wildman–Crippen LogP) is 2.45. The van der Waals surface area contributed by atoms with Crippen LogP contribution in [0.1, 0.15) is 30.3 Å². The Morgan fingerprint density at radius 3 is 3.05 bits per heavy atom. The molecule has 1 unspecified atom stereocenters. The molecule has 1 amide bonds. The molecule has 2 aromatic rings. The molecule has 21 heavy (non-hydrogen) atoms. The van der Waals surface area contributed by atoms with Crippen molar-refractivity contribution in [1.82, 2.24) is 15.2 Å². The van der Waals surface area contributed by atoms with Crippen LogP contribution in [0, 0.1) is 0 Å². The van der Waals surface area contributed by atoms with Gasteiger partial charge in [-0.2, -0.15) is 0 Å². The molecule has 1 N–H and O–H groups in total. The van der Waals surface area contributed by atoms with Crippen LogP contribution in [0.4, 0.5) is 0 Å². The fourth-order valence-electron chi connectivity index (χ4n) is 3.04. The van der Waals surface area contributed by atoms with Crippen molar-refractivity contribution in [1.29, 1.82) is 0 Å². The zero-order valence-electron chi connectivity index (χ0n) is 12.4. The van der Waals surface area contributed by atoms with Gasteiger partial charge in [-0.1, -0.05) is 31.2 Å². The van der Waals surface area contributed by atoms with E-state index in [1.54, 1.807) is 6.07 Å². The number of likely N-dealkylation sites (tertiary alicyclic amines) is 1. The summed E-state index contributed by atoms with van der Waals surface area (Å²) >= 11 is 0. The van der Waals surface area contributed by atoms with Gasteiger partial charge < -0.3 is 5.32 Å². The lowest BCUT2D eigenvalue weighted by molar-refractivity contribution is 0.0937. The summed E-state index contributed by atoms with van der Waals surface area (Å²) in [5, 5.41) is 4.08. The van der Waals surface area contributed by atoms with E-state index < -0.39 is 0 Å². The molecular weight excluding hydrogens is 262 g/mol. The van der Waals surface area contributed by atoms with E-state index in [0.29, 0.717) is 18.3 Å². The molecule has 0 saturated carbocycles. The highest BCUT2D eigenvalue weighted by atomic mass is 16.1. The minimum Gasteiger partial charge on any atom is -0.349 e. The third-order valence-electron chi connectivity index (χ3n) is 4.23. The molecule has 0 radical (unpaired) electrons. The summed E-state index contributed by atoms with van der Waals surface area (Å²) in [6.45, 7) is 5.08. The van der Waals surface area contributed by atoms with E-state index in [-0.39, 0.29) is 5.91 Å². The number of hydrogen-bond acceptors (Lipinski definition) is 3. The topological polar surface area (TPSA) is 45.2 Å². The van der Waals surface area contributed by atoms with Crippen molar-refractivity contribution < 1.29 is 4.79 Å². The van der Waals surface area contributed by atoms with Gasteiger partial charge in [0.05, 0.1) is 5.52 Å². The normalized spacial score (nSPS) is 19.0. The number of hydrogen-bond donors (Lipinski definition) is 1. The van der Waals surface area contributed by atoms with Gasteiger partial charge in [-0.3, -0.25) is 9.69 Å². The molecular formula is C17H21N3O. The zero-order valence-corrected chi connectivity index (χ0v) is 12.4. The van der Waals surface area contributed by atoms with E-state index in [0.717, 1.165) is 24.0 Å². The molecule has 3 rings (SSSR count). The SMILES string of the molecule is CCN1CCCC1CNC(=O)c1ccc2ccccc2n1. The number of rotatable bonds is 4. The third-order valence-corrected chi connectivity index (χ3v) is 4.23. The Hall–Kier alpha value is -1.94. The van der Waals surface area contributed by atoms with Crippen LogP contribution in [0.25, 0.3) is 10.9 Å². The van der Waals surface area contributed by atoms with Crippen molar-refractivity contribution in [3.05, 3.63) is 42.1 Å². The molecule has 1 fully saturated rings. The Balaban J connectivity index is 1.66. The number of fused-ring (bicyclic) bond motifs is 1. The summed E-state index contributed by atoms with van der Waals surface area (Å²) < 4.78 is 0. The number of pyridine rings is 1. The maximum Gasteiger partial charge on any atom is 0.269 e. The number of benzene rings is 1. The van der Waals surface area contributed by atoms with Crippen molar-refractivity contribution in [2.24, 2.45) is 0 Å². The Morgan fingerprint density at radius 1 is 1.33 bits per heavy atom. The average molecular weight is 283 g/mol. The molecule has 110 valence electrons. The van der Waals surface area contributed by atoms with Gasteiger partial charge in [-0.05, 0) is 38.1 Å². The van der Waals surface area contributed by atoms with Crippen LogP contribution in [0.2, 0.25) is 0 Å². The molecule has 1 atom stereocenters. The molecule has 4 nitrogen and oxygen atoms in total. The van der Waals surface area contributed by atoms with E-state index in [1.807, 2.05) is 30.3 Å². The Kier molecular flexibility index (Phi) is 4.15. The number of nitrogens with zero attached hydrogens (tertiary/aromatic N) is 2. The van der Waals surface area contributed by atoms with Crippen LogP contribution in [-0.2, 0) is 0 Å². The summed E-state index contributed by atoms with van der Waals surface area (Å²) in [5.41, 5.74) is 1.36. The van der Waals surface area contributed by atoms with Crippen molar-refractivity contribution >= 4 is 16.8 Å². The molecule has 1 aromatic carbocycles. The highest BCUT2D eigenvalue weighted by Crippen LogP contribution is 2.16. The lowest BCUT2D eigenvalue weighted by Crippen LogP contribution is -2.40. The van der Waals surface area contributed by atoms with E-state index in [1.165, 1.54) is 12.8 Å². The summed E-state index contributed by atoms with van der Waals surface area (Å²) in [7, 11) is 0. The Labute approximate surface area is 125 Å². The largest absolute Gasteiger partial charge is 0.349 e. The van der Waals surface area contributed by atoms with Gasteiger partial charge in [0.2, 0.25) is 0 Å². The molecule has 2 heterocycles. The van der Waals surface area contributed by atoms with Crippen molar-refractivity contribution in [2.75, 3.05) is 19.6 Å². The van der Waals surface area contributed by atoms with Gasteiger partial charge in [0.15, 0.2) is 0 Å².